The second-order valence-corrected chi connectivity index (χ2v) is 4.72. The molecule has 0 radical (unpaired) electrons. The van der Waals surface area contributed by atoms with Gasteiger partial charge in [0.05, 0.1) is 17.6 Å². The monoisotopic (exact) mass is 261 g/mol. The fraction of sp³-hybridized carbons (Fsp3) is 0.533. The first kappa shape index (κ1) is 13.9. The molecule has 0 saturated heterocycles. The number of nitrogens with two attached hydrogens (primary N) is 1. The van der Waals surface area contributed by atoms with Crippen molar-refractivity contribution in [3.8, 4) is 5.75 Å². The summed E-state index contributed by atoms with van der Waals surface area (Å²) in [5.74, 6) is 1.97. The Kier molecular flexibility index (Phi) is 4.80. The molecule has 0 atom stereocenters. The molecule has 0 aliphatic heterocycles. The summed E-state index contributed by atoms with van der Waals surface area (Å²) in [7, 11) is 0. The zero-order valence-electron chi connectivity index (χ0n) is 11.9. The number of nitrogens with zero attached hydrogens (tertiary/aromatic N) is 2. The third kappa shape index (κ3) is 3.07. The van der Waals surface area contributed by atoms with Gasteiger partial charge in [0.15, 0.2) is 0 Å². The molecule has 2 aromatic rings. The summed E-state index contributed by atoms with van der Waals surface area (Å²) >= 11 is 0. The Balaban J connectivity index is 2.37. The standard InChI is InChI=1S/C15H23N3O/c1-3-9-18-14-6-5-12(19-10-4-2)11-13(14)17-15(18)7-8-16/h5-6,11H,3-4,7-10,16H2,1-2H3. The molecule has 0 bridgehead atoms. The topological polar surface area (TPSA) is 53.1 Å². The third-order valence-corrected chi connectivity index (χ3v) is 3.09. The van der Waals surface area contributed by atoms with E-state index in [4.69, 9.17) is 15.5 Å². The molecule has 0 saturated carbocycles. The highest BCUT2D eigenvalue weighted by atomic mass is 16.5. The van der Waals surface area contributed by atoms with E-state index in [2.05, 4.69) is 24.5 Å². The Morgan fingerprint density at radius 3 is 2.79 bits per heavy atom. The molecule has 0 aliphatic rings. The minimum atomic E-state index is 0.631. The van der Waals surface area contributed by atoms with Gasteiger partial charge in [-0.25, -0.2) is 4.98 Å². The highest BCUT2D eigenvalue weighted by molar-refractivity contribution is 5.77. The number of hydrogen-bond donors (Lipinski definition) is 1. The maximum absolute atomic E-state index is 5.67. The van der Waals surface area contributed by atoms with E-state index in [0.717, 1.165) is 49.5 Å². The van der Waals surface area contributed by atoms with Crippen LogP contribution in [0.4, 0.5) is 0 Å². The van der Waals surface area contributed by atoms with E-state index in [-0.39, 0.29) is 0 Å². The van der Waals surface area contributed by atoms with Gasteiger partial charge >= 0.3 is 0 Å². The number of aryl methyl sites for hydroxylation is 1. The van der Waals surface area contributed by atoms with Crippen molar-refractivity contribution in [1.29, 1.82) is 0 Å². The van der Waals surface area contributed by atoms with Gasteiger partial charge in [-0.15, -0.1) is 0 Å². The molecule has 0 spiro atoms. The predicted molar refractivity (Wildman–Crippen MR) is 78.6 cm³/mol. The number of benzene rings is 1. The van der Waals surface area contributed by atoms with Crippen molar-refractivity contribution in [2.24, 2.45) is 5.73 Å². The van der Waals surface area contributed by atoms with Crippen LogP contribution in [-0.2, 0) is 13.0 Å². The van der Waals surface area contributed by atoms with Crippen LogP contribution in [0.2, 0.25) is 0 Å². The maximum atomic E-state index is 5.67. The van der Waals surface area contributed by atoms with Gasteiger partial charge in [0.1, 0.15) is 11.6 Å². The average Bonchev–Trinajstić information content (AvgIpc) is 2.75. The Labute approximate surface area is 114 Å². The molecule has 0 unspecified atom stereocenters. The normalized spacial score (nSPS) is 11.1. The Morgan fingerprint density at radius 1 is 1.26 bits per heavy atom. The van der Waals surface area contributed by atoms with Crippen molar-refractivity contribution in [3.05, 3.63) is 24.0 Å². The van der Waals surface area contributed by atoms with E-state index in [1.165, 1.54) is 5.52 Å². The van der Waals surface area contributed by atoms with E-state index in [1.807, 2.05) is 12.1 Å². The van der Waals surface area contributed by atoms with Crippen molar-refractivity contribution >= 4 is 11.0 Å². The van der Waals surface area contributed by atoms with E-state index >= 15 is 0 Å². The fourth-order valence-electron chi connectivity index (χ4n) is 2.26. The van der Waals surface area contributed by atoms with E-state index in [9.17, 15) is 0 Å². The van der Waals surface area contributed by atoms with Crippen molar-refractivity contribution in [2.45, 2.75) is 39.7 Å². The quantitative estimate of drug-likeness (QED) is 0.833. The van der Waals surface area contributed by atoms with Crippen LogP contribution in [0.1, 0.15) is 32.5 Å². The van der Waals surface area contributed by atoms with E-state index in [1.54, 1.807) is 0 Å². The van der Waals surface area contributed by atoms with Gasteiger partial charge in [-0.1, -0.05) is 13.8 Å². The summed E-state index contributed by atoms with van der Waals surface area (Å²) in [6, 6.07) is 6.15. The molecule has 2 rings (SSSR count). The van der Waals surface area contributed by atoms with Gasteiger partial charge in [-0.3, -0.25) is 0 Å². The Bertz CT molecular complexity index is 533. The van der Waals surface area contributed by atoms with Crippen LogP contribution in [-0.4, -0.2) is 22.7 Å². The molecular formula is C15H23N3O. The second-order valence-electron chi connectivity index (χ2n) is 4.72. The lowest BCUT2D eigenvalue weighted by molar-refractivity contribution is 0.318. The van der Waals surface area contributed by atoms with Gasteiger partial charge in [0.25, 0.3) is 0 Å². The summed E-state index contributed by atoms with van der Waals surface area (Å²) in [6.07, 6.45) is 2.93. The van der Waals surface area contributed by atoms with Crippen LogP contribution in [0.15, 0.2) is 18.2 Å². The van der Waals surface area contributed by atoms with Crippen molar-refractivity contribution in [1.82, 2.24) is 9.55 Å². The highest BCUT2D eigenvalue weighted by Gasteiger charge is 2.10. The van der Waals surface area contributed by atoms with Crippen LogP contribution >= 0.6 is 0 Å². The number of hydrogen-bond acceptors (Lipinski definition) is 3. The summed E-state index contributed by atoms with van der Waals surface area (Å²) in [5, 5.41) is 0. The second kappa shape index (κ2) is 6.57. The van der Waals surface area contributed by atoms with Crippen molar-refractivity contribution < 1.29 is 4.74 Å². The largest absolute Gasteiger partial charge is 0.494 e. The Morgan fingerprint density at radius 2 is 2.11 bits per heavy atom. The minimum Gasteiger partial charge on any atom is -0.494 e. The van der Waals surface area contributed by atoms with Crippen LogP contribution in [0, 0.1) is 0 Å². The van der Waals surface area contributed by atoms with Gasteiger partial charge in [-0.2, -0.15) is 0 Å². The lowest BCUT2D eigenvalue weighted by Gasteiger charge is -2.07. The Hall–Kier alpha value is -1.55. The van der Waals surface area contributed by atoms with Gasteiger partial charge < -0.3 is 15.0 Å². The molecule has 1 heterocycles. The SMILES string of the molecule is CCCOc1ccc2c(c1)nc(CCN)n2CCC. The molecule has 4 heteroatoms. The number of fused-ring (bicyclic) bond motifs is 1. The minimum absolute atomic E-state index is 0.631. The summed E-state index contributed by atoms with van der Waals surface area (Å²) in [6.45, 7) is 6.65. The number of aromatic nitrogens is 2. The molecule has 104 valence electrons. The summed E-state index contributed by atoms with van der Waals surface area (Å²) in [4.78, 5) is 4.69. The summed E-state index contributed by atoms with van der Waals surface area (Å²) < 4.78 is 7.93. The maximum Gasteiger partial charge on any atom is 0.121 e. The number of rotatable bonds is 7. The van der Waals surface area contributed by atoms with Gasteiger partial charge in [0, 0.05) is 19.0 Å². The van der Waals surface area contributed by atoms with Crippen LogP contribution < -0.4 is 10.5 Å². The molecule has 0 fully saturated rings. The molecule has 4 nitrogen and oxygen atoms in total. The lowest BCUT2D eigenvalue weighted by atomic mass is 10.3. The highest BCUT2D eigenvalue weighted by Crippen LogP contribution is 2.22. The molecule has 0 amide bonds. The first-order valence-corrected chi connectivity index (χ1v) is 7.12. The van der Waals surface area contributed by atoms with Crippen molar-refractivity contribution in [2.75, 3.05) is 13.2 Å². The summed E-state index contributed by atoms with van der Waals surface area (Å²) in [5.41, 5.74) is 7.85. The first-order valence-electron chi connectivity index (χ1n) is 7.12. The molecule has 1 aromatic heterocycles. The van der Waals surface area contributed by atoms with Crippen LogP contribution in [0.3, 0.4) is 0 Å². The third-order valence-electron chi connectivity index (χ3n) is 3.09. The van der Waals surface area contributed by atoms with Gasteiger partial charge in [-0.05, 0) is 31.5 Å². The first-order chi connectivity index (χ1) is 9.30. The molecular weight excluding hydrogens is 238 g/mol. The molecule has 0 aliphatic carbocycles. The molecule has 2 N–H and O–H groups in total. The van der Waals surface area contributed by atoms with Gasteiger partial charge in [0.2, 0.25) is 0 Å². The van der Waals surface area contributed by atoms with Crippen LogP contribution in [0.5, 0.6) is 5.75 Å². The van der Waals surface area contributed by atoms with Crippen LogP contribution in [0.25, 0.3) is 11.0 Å². The van der Waals surface area contributed by atoms with E-state index in [0.29, 0.717) is 6.54 Å². The zero-order valence-corrected chi connectivity index (χ0v) is 11.9. The predicted octanol–water partition coefficient (Wildman–Crippen LogP) is 2.74. The molecule has 19 heavy (non-hydrogen) atoms. The van der Waals surface area contributed by atoms with E-state index < -0.39 is 0 Å². The number of ether oxygens (including phenoxy) is 1. The smallest absolute Gasteiger partial charge is 0.121 e. The molecule has 1 aromatic carbocycles. The average molecular weight is 261 g/mol. The zero-order chi connectivity index (χ0) is 13.7. The lowest BCUT2D eigenvalue weighted by Crippen LogP contribution is -2.10. The van der Waals surface area contributed by atoms with Crippen molar-refractivity contribution in [3.63, 3.8) is 0 Å². The number of imidazole rings is 1. The fourth-order valence-corrected chi connectivity index (χ4v) is 2.26.